The maximum absolute atomic E-state index is 12.9. The van der Waals surface area contributed by atoms with E-state index in [0.717, 1.165) is 0 Å². The first kappa shape index (κ1) is 16.9. The van der Waals surface area contributed by atoms with Gasteiger partial charge in [-0.3, -0.25) is 9.59 Å². The van der Waals surface area contributed by atoms with Crippen molar-refractivity contribution in [3.63, 3.8) is 0 Å². The first-order valence-electron chi connectivity index (χ1n) is 7.90. The fourth-order valence-electron chi connectivity index (χ4n) is 3.15. The lowest BCUT2D eigenvalue weighted by Gasteiger charge is -2.35. The second kappa shape index (κ2) is 6.51. The number of piperazine rings is 1. The van der Waals surface area contributed by atoms with Crippen LogP contribution >= 0.6 is 0 Å². The number of hydrogen-bond donors (Lipinski definition) is 0. The van der Waals surface area contributed by atoms with Crippen LogP contribution in [-0.4, -0.2) is 67.7 Å². The van der Waals surface area contributed by atoms with Gasteiger partial charge in [0.15, 0.2) is 9.84 Å². The van der Waals surface area contributed by atoms with Crippen LogP contribution in [0.4, 0.5) is 4.39 Å². The monoisotopic (exact) mass is 354 g/mol. The molecule has 130 valence electrons. The minimum Gasteiger partial charge on any atom is -0.339 e. The molecule has 2 fully saturated rings. The van der Waals surface area contributed by atoms with Crippen LogP contribution in [0, 0.1) is 11.7 Å². The predicted octanol–water partition coefficient (Wildman–Crippen LogP) is 0.545. The first-order valence-corrected chi connectivity index (χ1v) is 9.72. The average Bonchev–Trinajstić information content (AvgIpc) is 2.94. The van der Waals surface area contributed by atoms with E-state index in [1.807, 2.05) is 0 Å². The molecule has 3 rings (SSSR count). The van der Waals surface area contributed by atoms with Gasteiger partial charge >= 0.3 is 0 Å². The number of sulfone groups is 1. The molecule has 8 heteroatoms. The average molecular weight is 354 g/mol. The molecule has 1 atom stereocenters. The smallest absolute Gasteiger partial charge is 0.253 e. The predicted molar refractivity (Wildman–Crippen MR) is 85.6 cm³/mol. The van der Waals surface area contributed by atoms with E-state index in [1.165, 1.54) is 24.3 Å². The number of benzene rings is 1. The van der Waals surface area contributed by atoms with Crippen LogP contribution in [0.2, 0.25) is 0 Å². The zero-order valence-electron chi connectivity index (χ0n) is 13.2. The maximum Gasteiger partial charge on any atom is 0.253 e. The summed E-state index contributed by atoms with van der Waals surface area (Å²) in [5, 5.41) is 0. The Morgan fingerprint density at radius 1 is 1.00 bits per heavy atom. The van der Waals surface area contributed by atoms with E-state index in [0.29, 0.717) is 38.2 Å². The largest absolute Gasteiger partial charge is 0.339 e. The SMILES string of the molecule is O=C(c1ccc(F)cc1)N1CCN(C(=O)C2CCS(=O)(=O)C2)CC1. The molecule has 0 radical (unpaired) electrons. The Labute approximate surface area is 140 Å². The summed E-state index contributed by atoms with van der Waals surface area (Å²) in [6.07, 6.45) is 0.385. The highest BCUT2D eigenvalue weighted by molar-refractivity contribution is 7.91. The summed E-state index contributed by atoms with van der Waals surface area (Å²) in [6.45, 7) is 1.56. The van der Waals surface area contributed by atoms with Crippen molar-refractivity contribution >= 4 is 21.7 Å². The van der Waals surface area contributed by atoms with Crippen molar-refractivity contribution in [2.45, 2.75) is 6.42 Å². The maximum atomic E-state index is 12.9. The Hall–Kier alpha value is -1.96. The lowest BCUT2D eigenvalue weighted by Crippen LogP contribution is -2.52. The van der Waals surface area contributed by atoms with Gasteiger partial charge in [-0.15, -0.1) is 0 Å². The van der Waals surface area contributed by atoms with Crippen molar-refractivity contribution in [1.82, 2.24) is 9.80 Å². The van der Waals surface area contributed by atoms with Crippen molar-refractivity contribution < 1.29 is 22.4 Å². The Kier molecular flexibility index (Phi) is 4.58. The lowest BCUT2D eigenvalue weighted by atomic mass is 10.1. The molecule has 2 heterocycles. The summed E-state index contributed by atoms with van der Waals surface area (Å²) in [7, 11) is -3.09. The lowest BCUT2D eigenvalue weighted by molar-refractivity contribution is -0.136. The van der Waals surface area contributed by atoms with Gasteiger partial charge in [0, 0.05) is 31.7 Å². The third kappa shape index (κ3) is 3.58. The molecule has 24 heavy (non-hydrogen) atoms. The van der Waals surface area contributed by atoms with Gasteiger partial charge in [0.1, 0.15) is 5.82 Å². The molecule has 0 aromatic heterocycles. The van der Waals surface area contributed by atoms with E-state index in [2.05, 4.69) is 0 Å². The number of rotatable bonds is 2. The Balaban J connectivity index is 1.56. The van der Waals surface area contributed by atoms with E-state index in [1.54, 1.807) is 9.80 Å². The van der Waals surface area contributed by atoms with Crippen LogP contribution in [0.25, 0.3) is 0 Å². The van der Waals surface area contributed by atoms with Gasteiger partial charge in [-0.05, 0) is 30.7 Å². The molecule has 1 aromatic rings. The molecule has 0 spiro atoms. The van der Waals surface area contributed by atoms with Crippen molar-refractivity contribution in [3.05, 3.63) is 35.6 Å². The minimum absolute atomic E-state index is 0.0689. The zero-order chi connectivity index (χ0) is 17.3. The Bertz CT molecular complexity index is 740. The summed E-state index contributed by atoms with van der Waals surface area (Å²) < 4.78 is 35.9. The quantitative estimate of drug-likeness (QED) is 0.777. The van der Waals surface area contributed by atoms with E-state index < -0.39 is 21.6 Å². The number of carbonyl (C=O) groups is 2. The Morgan fingerprint density at radius 3 is 2.12 bits per heavy atom. The first-order chi connectivity index (χ1) is 11.4. The standard InChI is InChI=1S/C16H19FN2O4S/c17-14-3-1-12(2-4-14)15(20)18-6-8-19(9-7-18)16(21)13-5-10-24(22,23)11-13/h1-4,13H,5-11H2. The molecule has 2 aliphatic heterocycles. The van der Waals surface area contributed by atoms with Crippen LogP contribution in [0.1, 0.15) is 16.8 Å². The molecule has 0 saturated carbocycles. The molecule has 2 saturated heterocycles. The van der Waals surface area contributed by atoms with Crippen molar-refractivity contribution in [2.24, 2.45) is 5.92 Å². The second-order valence-corrected chi connectivity index (χ2v) is 8.45. The van der Waals surface area contributed by atoms with Crippen LogP contribution in [-0.2, 0) is 14.6 Å². The van der Waals surface area contributed by atoms with E-state index in [9.17, 15) is 22.4 Å². The van der Waals surface area contributed by atoms with Gasteiger partial charge in [-0.1, -0.05) is 0 Å². The third-order valence-corrected chi connectivity index (χ3v) is 6.32. The van der Waals surface area contributed by atoms with Crippen molar-refractivity contribution in [3.8, 4) is 0 Å². The van der Waals surface area contributed by atoms with E-state index in [-0.39, 0.29) is 23.3 Å². The highest BCUT2D eigenvalue weighted by atomic mass is 32.2. The highest BCUT2D eigenvalue weighted by Crippen LogP contribution is 2.21. The number of hydrogen-bond acceptors (Lipinski definition) is 4. The van der Waals surface area contributed by atoms with Gasteiger partial charge in [0.2, 0.25) is 5.91 Å². The molecule has 0 aliphatic carbocycles. The fraction of sp³-hybridized carbons (Fsp3) is 0.500. The third-order valence-electron chi connectivity index (χ3n) is 4.55. The van der Waals surface area contributed by atoms with Gasteiger partial charge in [0.25, 0.3) is 5.91 Å². The molecular formula is C16H19FN2O4S. The second-order valence-electron chi connectivity index (χ2n) is 6.22. The van der Waals surface area contributed by atoms with Gasteiger partial charge < -0.3 is 9.80 Å². The van der Waals surface area contributed by atoms with Gasteiger partial charge in [-0.2, -0.15) is 0 Å². The minimum atomic E-state index is -3.09. The normalized spacial score (nSPS) is 23.3. The molecule has 1 aromatic carbocycles. The topological polar surface area (TPSA) is 74.8 Å². The number of halogens is 1. The summed E-state index contributed by atoms with van der Waals surface area (Å²) >= 11 is 0. The number of amides is 2. The molecule has 0 N–H and O–H groups in total. The summed E-state index contributed by atoms with van der Waals surface area (Å²) in [5.41, 5.74) is 0.415. The molecule has 6 nitrogen and oxygen atoms in total. The Morgan fingerprint density at radius 2 is 1.58 bits per heavy atom. The number of nitrogens with zero attached hydrogens (tertiary/aromatic N) is 2. The fourth-order valence-corrected chi connectivity index (χ4v) is 4.89. The van der Waals surface area contributed by atoms with Crippen molar-refractivity contribution in [1.29, 1.82) is 0 Å². The van der Waals surface area contributed by atoms with Crippen LogP contribution in [0.15, 0.2) is 24.3 Å². The highest BCUT2D eigenvalue weighted by Gasteiger charge is 2.36. The molecule has 1 unspecified atom stereocenters. The number of carbonyl (C=O) groups excluding carboxylic acids is 2. The van der Waals surface area contributed by atoms with E-state index >= 15 is 0 Å². The van der Waals surface area contributed by atoms with E-state index in [4.69, 9.17) is 0 Å². The van der Waals surface area contributed by atoms with Crippen LogP contribution in [0.5, 0.6) is 0 Å². The summed E-state index contributed by atoms with van der Waals surface area (Å²) in [5.74, 6) is -1.16. The summed E-state index contributed by atoms with van der Waals surface area (Å²) in [4.78, 5) is 28.0. The van der Waals surface area contributed by atoms with Crippen LogP contribution in [0.3, 0.4) is 0 Å². The van der Waals surface area contributed by atoms with Crippen LogP contribution < -0.4 is 0 Å². The summed E-state index contributed by atoms with van der Waals surface area (Å²) in [6, 6.07) is 5.37. The molecule has 2 aliphatic rings. The van der Waals surface area contributed by atoms with Gasteiger partial charge in [-0.25, -0.2) is 12.8 Å². The van der Waals surface area contributed by atoms with Crippen molar-refractivity contribution in [2.75, 3.05) is 37.7 Å². The van der Waals surface area contributed by atoms with Gasteiger partial charge in [0.05, 0.1) is 17.4 Å². The molecule has 2 amide bonds. The zero-order valence-corrected chi connectivity index (χ0v) is 14.0. The molecular weight excluding hydrogens is 335 g/mol. The molecule has 0 bridgehead atoms.